The maximum atomic E-state index is 10.5. The van der Waals surface area contributed by atoms with Gasteiger partial charge in [0, 0.05) is 23.2 Å². The van der Waals surface area contributed by atoms with Crippen LogP contribution < -0.4 is 0 Å². The third kappa shape index (κ3) is 3.22. The smallest absolute Gasteiger partial charge is 0.258 e. The van der Waals surface area contributed by atoms with E-state index in [4.69, 9.17) is 11.6 Å². The Kier molecular flexibility index (Phi) is 4.21. The van der Waals surface area contributed by atoms with Gasteiger partial charge in [0.05, 0.1) is 14.4 Å². The molecule has 0 N–H and O–H groups in total. The van der Waals surface area contributed by atoms with Gasteiger partial charge in [-0.15, -0.1) is 0 Å². The molecule has 18 heavy (non-hydrogen) atoms. The molecule has 0 bridgehead atoms. The van der Waals surface area contributed by atoms with E-state index in [0.29, 0.717) is 5.02 Å². The predicted octanol–water partition coefficient (Wildman–Crippen LogP) is 4.56. The van der Waals surface area contributed by atoms with Crippen molar-refractivity contribution in [2.24, 2.45) is 0 Å². The van der Waals surface area contributed by atoms with Gasteiger partial charge >= 0.3 is 0 Å². The minimum absolute atomic E-state index is 0.0717. The SMILES string of the molecule is O=[N+]([O-])c1ccc(Sc2ncc(Cl)cc2Br)cc1. The predicted molar refractivity (Wildman–Crippen MR) is 74.2 cm³/mol. The number of halogens is 2. The molecule has 1 aromatic heterocycles. The van der Waals surface area contributed by atoms with E-state index < -0.39 is 4.92 Å². The molecule has 0 radical (unpaired) electrons. The Labute approximate surface area is 121 Å². The minimum atomic E-state index is -0.426. The second-order valence-electron chi connectivity index (χ2n) is 3.29. The van der Waals surface area contributed by atoms with Crippen LogP contribution in [0.2, 0.25) is 5.02 Å². The molecule has 7 heteroatoms. The summed E-state index contributed by atoms with van der Waals surface area (Å²) in [6.07, 6.45) is 1.56. The van der Waals surface area contributed by atoms with Gasteiger partial charge in [-0.05, 0) is 34.1 Å². The third-order valence-corrected chi connectivity index (χ3v) is 4.14. The van der Waals surface area contributed by atoms with Gasteiger partial charge in [-0.3, -0.25) is 10.1 Å². The molecule has 1 heterocycles. The molecule has 0 spiro atoms. The molecule has 0 atom stereocenters. The van der Waals surface area contributed by atoms with E-state index in [2.05, 4.69) is 20.9 Å². The summed E-state index contributed by atoms with van der Waals surface area (Å²) >= 11 is 10.6. The first-order valence-electron chi connectivity index (χ1n) is 4.79. The van der Waals surface area contributed by atoms with Crippen LogP contribution in [0.25, 0.3) is 0 Å². The average molecular weight is 346 g/mol. The molecular formula is C11H6BrClN2O2S. The lowest BCUT2D eigenvalue weighted by atomic mass is 10.3. The molecule has 0 saturated heterocycles. The molecule has 92 valence electrons. The summed E-state index contributed by atoms with van der Waals surface area (Å²) in [5.74, 6) is 0. The van der Waals surface area contributed by atoms with E-state index in [-0.39, 0.29) is 5.69 Å². The minimum Gasteiger partial charge on any atom is -0.258 e. The van der Waals surface area contributed by atoms with Crippen molar-refractivity contribution in [2.75, 3.05) is 0 Å². The highest BCUT2D eigenvalue weighted by atomic mass is 79.9. The molecule has 2 rings (SSSR count). The molecule has 0 aliphatic rings. The van der Waals surface area contributed by atoms with Gasteiger partial charge < -0.3 is 0 Å². The number of pyridine rings is 1. The van der Waals surface area contributed by atoms with Gasteiger partial charge in [0.25, 0.3) is 5.69 Å². The Balaban J connectivity index is 2.21. The van der Waals surface area contributed by atoms with Gasteiger partial charge in [0.2, 0.25) is 0 Å². The van der Waals surface area contributed by atoms with Crippen molar-refractivity contribution in [1.82, 2.24) is 4.98 Å². The highest BCUT2D eigenvalue weighted by Gasteiger charge is 2.07. The third-order valence-electron chi connectivity index (χ3n) is 2.04. The van der Waals surface area contributed by atoms with Gasteiger partial charge in [-0.1, -0.05) is 23.4 Å². The number of nitrogens with zero attached hydrogens (tertiary/aromatic N) is 2. The van der Waals surface area contributed by atoms with E-state index in [1.54, 1.807) is 24.4 Å². The maximum absolute atomic E-state index is 10.5. The molecule has 0 saturated carbocycles. The highest BCUT2D eigenvalue weighted by molar-refractivity contribution is 9.10. The molecule has 0 aliphatic heterocycles. The second-order valence-corrected chi connectivity index (χ2v) is 5.65. The van der Waals surface area contributed by atoms with E-state index in [0.717, 1.165) is 14.4 Å². The summed E-state index contributed by atoms with van der Waals surface area (Å²) in [4.78, 5) is 15.2. The number of benzene rings is 1. The van der Waals surface area contributed by atoms with Crippen LogP contribution in [0.3, 0.4) is 0 Å². The Morgan fingerprint density at radius 1 is 1.33 bits per heavy atom. The number of rotatable bonds is 3. The summed E-state index contributed by atoms with van der Waals surface area (Å²) in [5.41, 5.74) is 0.0717. The summed E-state index contributed by atoms with van der Waals surface area (Å²) in [6, 6.07) is 8.05. The van der Waals surface area contributed by atoms with Crippen LogP contribution in [0.1, 0.15) is 0 Å². The van der Waals surface area contributed by atoms with Crippen molar-refractivity contribution < 1.29 is 4.92 Å². The first-order chi connectivity index (χ1) is 8.56. The molecule has 0 fully saturated rings. The van der Waals surface area contributed by atoms with E-state index in [9.17, 15) is 10.1 Å². The van der Waals surface area contributed by atoms with Crippen LogP contribution in [0, 0.1) is 10.1 Å². The Morgan fingerprint density at radius 2 is 2.00 bits per heavy atom. The fourth-order valence-corrected chi connectivity index (χ4v) is 2.86. The average Bonchev–Trinajstić information content (AvgIpc) is 2.33. The Hall–Kier alpha value is -1.11. The number of non-ortho nitro benzene ring substituents is 1. The van der Waals surface area contributed by atoms with Gasteiger partial charge in [0.15, 0.2) is 0 Å². The fraction of sp³-hybridized carbons (Fsp3) is 0. The van der Waals surface area contributed by atoms with Crippen molar-refractivity contribution in [3.8, 4) is 0 Å². The fourth-order valence-electron chi connectivity index (χ4n) is 1.22. The van der Waals surface area contributed by atoms with Gasteiger partial charge in [-0.25, -0.2) is 4.98 Å². The standard InChI is InChI=1S/C11H6BrClN2O2S/c12-10-5-7(13)6-14-11(10)18-9-3-1-8(2-4-9)15(16)17/h1-6H. The summed E-state index contributed by atoms with van der Waals surface area (Å²) in [6.45, 7) is 0. The number of hydrogen-bond donors (Lipinski definition) is 0. The number of hydrogen-bond acceptors (Lipinski definition) is 4. The molecule has 4 nitrogen and oxygen atoms in total. The quantitative estimate of drug-likeness (QED) is 0.604. The molecule has 2 aromatic rings. The number of nitro groups is 1. The van der Waals surface area contributed by atoms with Crippen LogP contribution in [-0.4, -0.2) is 9.91 Å². The van der Waals surface area contributed by atoms with E-state index >= 15 is 0 Å². The summed E-state index contributed by atoms with van der Waals surface area (Å²) in [5, 5.41) is 11.8. The van der Waals surface area contributed by atoms with Crippen molar-refractivity contribution in [1.29, 1.82) is 0 Å². The van der Waals surface area contributed by atoms with Crippen LogP contribution >= 0.6 is 39.3 Å². The molecule has 0 aliphatic carbocycles. The first-order valence-corrected chi connectivity index (χ1v) is 6.78. The molecule has 0 unspecified atom stereocenters. The zero-order valence-electron chi connectivity index (χ0n) is 8.84. The van der Waals surface area contributed by atoms with Crippen molar-refractivity contribution in [3.05, 3.63) is 56.1 Å². The molecule has 1 aromatic carbocycles. The number of nitro benzene ring substituents is 1. The second kappa shape index (κ2) is 5.69. The zero-order chi connectivity index (χ0) is 13.1. The maximum Gasteiger partial charge on any atom is 0.269 e. The molecular weight excluding hydrogens is 340 g/mol. The number of aromatic nitrogens is 1. The van der Waals surface area contributed by atoms with E-state index in [1.165, 1.54) is 23.9 Å². The topological polar surface area (TPSA) is 56.0 Å². The summed E-state index contributed by atoms with van der Waals surface area (Å²) < 4.78 is 0.790. The largest absolute Gasteiger partial charge is 0.269 e. The first kappa shape index (κ1) is 13.3. The monoisotopic (exact) mass is 344 g/mol. The van der Waals surface area contributed by atoms with Crippen molar-refractivity contribution >= 4 is 45.0 Å². The van der Waals surface area contributed by atoms with E-state index in [1.807, 2.05) is 0 Å². The Morgan fingerprint density at radius 3 is 2.56 bits per heavy atom. The van der Waals surface area contributed by atoms with Crippen LogP contribution in [-0.2, 0) is 0 Å². The van der Waals surface area contributed by atoms with Gasteiger partial charge in [-0.2, -0.15) is 0 Å². The Bertz CT molecular complexity index is 592. The lowest BCUT2D eigenvalue weighted by molar-refractivity contribution is -0.384. The van der Waals surface area contributed by atoms with Crippen molar-refractivity contribution in [3.63, 3.8) is 0 Å². The van der Waals surface area contributed by atoms with Gasteiger partial charge in [0.1, 0.15) is 5.03 Å². The van der Waals surface area contributed by atoms with Crippen LogP contribution in [0.4, 0.5) is 5.69 Å². The highest BCUT2D eigenvalue weighted by Crippen LogP contribution is 2.33. The normalized spacial score (nSPS) is 10.3. The van der Waals surface area contributed by atoms with Crippen molar-refractivity contribution in [2.45, 2.75) is 9.92 Å². The van der Waals surface area contributed by atoms with Crippen LogP contribution in [0.15, 0.2) is 50.9 Å². The summed E-state index contributed by atoms with van der Waals surface area (Å²) in [7, 11) is 0. The van der Waals surface area contributed by atoms with Crippen LogP contribution in [0.5, 0.6) is 0 Å². The zero-order valence-corrected chi connectivity index (χ0v) is 12.0. The lowest BCUT2D eigenvalue weighted by Crippen LogP contribution is -1.87. The molecule has 0 amide bonds. The lowest BCUT2D eigenvalue weighted by Gasteiger charge is -2.03.